The molecule has 5 nitrogen and oxygen atoms in total. The Morgan fingerprint density at radius 1 is 1.24 bits per heavy atom. The molecule has 2 rings (SSSR count). The van der Waals surface area contributed by atoms with Crippen LogP contribution in [-0.4, -0.2) is 28.9 Å². The molecule has 25 heavy (non-hydrogen) atoms. The topological polar surface area (TPSA) is 69.7 Å². The molecule has 6 heteroatoms. The fraction of sp³-hybridized carbons (Fsp3) is 0.421. The molecule has 0 radical (unpaired) electrons. The summed E-state index contributed by atoms with van der Waals surface area (Å²) in [5, 5.41) is 0. The number of halogens is 1. The summed E-state index contributed by atoms with van der Waals surface area (Å²) < 4.78 is 23.7. The van der Waals surface area contributed by atoms with Crippen molar-refractivity contribution >= 4 is 17.7 Å². The van der Waals surface area contributed by atoms with E-state index in [9.17, 15) is 18.8 Å². The van der Waals surface area contributed by atoms with Crippen LogP contribution in [0.4, 0.5) is 4.39 Å². The molecule has 0 aliphatic carbocycles. The van der Waals surface area contributed by atoms with E-state index in [1.807, 2.05) is 0 Å². The van der Waals surface area contributed by atoms with Crippen molar-refractivity contribution in [2.45, 2.75) is 45.3 Å². The lowest BCUT2D eigenvalue weighted by Crippen LogP contribution is -2.43. The molecule has 1 aliphatic heterocycles. The average molecular weight is 348 g/mol. The van der Waals surface area contributed by atoms with Gasteiger partial charge in [0.2, 0.25) is 0 Å². The summed E-state index contributed by atoms with van der Waals surface area (Å²) in [6.45, 7) is 6.69. The van der Waals surface area contributed by atoms with Gasteiger partial charge in [-0.25, -0.2) is 9.18 Å². The Balaban J connectivity index is 2.27. The predicted molar refractivity (Wildman–Crippen MR) is 88.3 cm³/mol. The van der Waals surface area contributed by atoms with E-state index in [0.717, 1.165) is 0 Å². The largest absolute Gasteiger partial charge is 0.460 e. The first-order valence-corrected chi connectivity index (χ1v) is 7.94. The van der Waals surface area contributed by atoms with E-state index >= 15 is 0 Å². The number of rotatable bonds is 5. The number of carbonyl (C=O) groups excluding carboxylic acids is 3. The Hall–Kier alpha value is -2.50. The minimum Gasteiger partial charge on any atom is -0.460 e. The summed E-state index contributed by atoms with van der Waals surface area (Å²) in [7, 11) is 0. The zero-order chi connectivity index (χ0) is 18.8. The van der Waals surface area contributed by atoms with Crippen LogP contribution < -0.4 is 0 Å². The van der Waals surface area contributed by atoms with Gasteiger partial charge in [-0.1, -0.05) is 0 Å². The van der Waals surface area contributed by atoms with Crippen LogP contribution in [0, 0.1) is 11.7 Å². The van der Waals surface area contributed by atoms with E-state index in [1.54, 1.807) is 27.7 Å². The van der Waals surface area contributed by atoms with Crippen LogP contribution in [0.1, 0.15) is 44.5 Å². The molecule has 2 unspecified atom stereocenters. The maximum absolute atomic E-state index is 13.0. The van der Waals surface area contributed by atoms with Gasteiger partial charge in [0.05, 0.1) is 0 Å². The second kappa shape index (κ2) is 6.78. The van der Waals surface area contributed by atoms with E-state index < -0.39 is 34.9 Å². The number of hydrogen-bond acceptors (Lipinski definition) is 5. The van der Waals surface area contributed by atoms with Crippen molar-refractivity contribution in [3.8, 4) is 0 Å². The number of esters is 2. The number of ketones is 1. The van der Waals surface area contributed by atoms with Crippen LogP contribution in [0.5, 0.6) is 0 Å². The number of Topliss-reactive ketones (excluding diaryl/α,β-unsaturated/α-hetero) is 1. The maximum Gasteiger partial charge on any atom is 0.331 e. The summed E-state index contributed by atoms with van der Waals surface area (Å²) in [5.41, 5.74) is -1.75. The Labute approximate surface area is 145 Å². The van der Waals surface area contributed by atoms with Crippen LogP contribution in [0.3, 0.4) is 0 Å². The van der Waals surface area contributed by atoms with Crippen molar-refractivity contribution in [1.82, 2.24) is 0 Å². The molecule has 0 saturated heterocycles. The third-order valence-electron chi connectivity index (χ3n) is 3.81. The van der Waals surface area contributed by atoms with E-state index in [-0.39, 0.29) is 17.8 Å². The van der Waals surface area contributed by atoms with Crippen LogP contribution in [0.25, 0.3) is 0 Å². The monoisotopic (exact) mass is 348 g/mol. The van der Waals surface area contributed by atoms with Gasteiger partial charge >= 0.3 is 11.9 Å². The van der Waals surface area contributed by atoms with Crippen molar-refractivity contribution < 1.29 is 28.2 Å². The lowest BCUT2D eigenvalue weighted by molar-refractivity contribution is -0.171. The highest BCUT2D eigenvalue weighted by Gasteiger charge is 2.46. The molecule has 0 amide bonds. The van der Waals surface area contributed by atoms with Crippen molar-refractivity contribution in [3.05, 3.63) is 47.8 Å². The lowest BCUT2D eigenvalue weighted by Gasteiger charge is -2.32. The van der Waals surface area contributed by atoms with Crippen molar-refractivity contribution in [1.29, 1.82) is 0 Å². The highest BCUT2D eigenvalue weighted by Crippen LogP contribution is 2.33. The smallest absolute Gasteiger partial charge is 0.331 e. The normalized spacial score (nSPS) is 20.9. The number of benzene rings is 1. The SMILES string of the molecule is CC(C)(C)OC(=O)C(CC(=O)c1ccc(F)cc1)C1(C)C=CC(=O)O1. The van der Waals surface area contributed by atoms with Gasteiger partial charge < -0.3 is 9.47 Å². The number of cyclic esters (lactones) is 1. The third-order valence-corrected chi connectivity index (χ3v) is 3.81. The quantitative estimate of drug-likeness (QED) is 0.603. The molecule has 0 N–H and O–H groups in total. The molecular formula is C19H21FO5. The molecule has 1 heterocycles. The van der Waals surface area contributed by atoms with Gasteiger partial charge in [0.1, 0.15) is 22.9 Å². The van der Waals surface area contributed by atoms with Gasteiger partial charge in [-0.2, -0.15) is 0 Å². The van der Waals surface area contributed by atoms with Crippen molar-refractivity contribution in [3.63, 3.8) is 0 Å². The summed E-state index contributed by atoms with van der Waals surface area (Å²) in [6.07, 6.45) is 2.45. The van der Waals surface area contributed by atoms with Crippen molar-refractivity contribution in [2.75, 3.05) is 0 Å². The Morgan fingerprint density at radius 3 is 2.32 bits per heavy atom. The number of hydrogen-bond donors (Lipinski definition) is 0. The van der Waals surface area contributed by atoms with Crippen LogP contribution in [0.15, 0.2) is 36.4 Å². The minimum absolute atomic E-state index is 0.228. The average Bonchev–Trinajstić information content (AvgIpc) is 2.83. The van der Waals surface area contributed by atoms with Crippen LogP contribution in [0.2, 0.25) is 0 Å². The molecule has 0 spiro atoms. The van der Waals surface area contributed by atoms with E-state index in [2.05, 4.69) is 0 Å². The van der Waals surface area contributed by atoms with E-state index in [1.165, 1.54) is 36.4 Å². The first-order valence-electron chi connectivity index (χ1n) is 7.94. The number of carbonyl (C=O) groups is 3. The molecule has 0 bridgehead atoms. The summed E-state index contributed by atoms with van der Waals surface area (Å²) >= 11 is 0. The van der Waals surface area contributed by atoms with E-state index in [4.69, 9.17) is 9.47 Å². The van der Waals surface area contributed by atoms with Gasteiger partial charge in [0.15, 0.2) is 5.78 Å². The fourth-order valence-electron chi connectivity index (χ4n) is 2.54. The standard InChI is InChI=1S/C19H21FO5/c1-18(2,3)25-17(23)14(19(4)10-9-16(22)24-19)11-15(21)12-5-7-13(20)8-6-12/h5-10,14H,11H2,1-4H3. The molecular weight excluding hydrogens is 327 g/mol. The van der Waals surface area contributed by atoms with Crippen molar-refractivity contribution in [2.24, 2.45) is 5.92 Å². The predicted octanol–water partition coefficient (Wildman–Crippen LogP) is 3.23. The van der Waals surface area contributed by atoms with Crippen LogP contribution in [-0.2, 0) is 19.1 Å². The first-order chi connectivity index (χ1) is 11.5. The summed E-state index contributed by atoms with van der Waals surface area (Å²) in [6, 6.07) is 5.05. The zero-order valence-corrected chi connectivity index (χ0v) is 14.7. The lowest BCUT2D eigenvalue weighted by atomic mass is 9.84. The highest BCUT2D eigenvalue weighted by molar-refractivity contribution is 5.98. The fourth-order valence-corrected chi connectivity index (χ4v) is 2.54. The Kier molecular flexibility index (Phi) is 5.11. The molecule has 0 saturated carbocycles. The Bertz CT molecular complexity index is 714. The minimum atomic E-state index is -1.27. The molecule has 0 aromatic heterocycles. The Morgan fingerprint density at radius 2 is 1.84 bits per heavy atom. The maximum atomic E-state index is 13.0. The zero-order valence-electron chi connectivity index (χ0n) is 14.7. The van der Waals surface area contributed by atoms with E-state index in [0.29, 0.717) is 0 Å². The van der Waals surface area contributed by atoms with Gasteiger partial charge in [-0.3, -0.25) is 9.59 Å². The van der Waals surface area contributed by atoms with Gasteiger partial charge in [0, 0.05) is 18.1 Å². The van der Waals surface area contributed by atoms with Crippen LogP contribution >= 0.6 is 0 Å². The molecule has 1 aromatic rings. The van der Waals surface area contributed by atoms with Gasteiger partial charge in [-0.15, -0.1) is 0 Å². The highest BCUT2D eigenvalue weighted by atomic mass is 19.1. The second-order valence-electron chi connectivity index (χ2n) is 7.16. The summed E-state index contributed by atoms with van der Waals surface area (Å²) in [4.78, 5) is 36.6. The van der Waals surface area contributed by atoms with Gasteiger partial charge in [0.25, 0.3) is 0 Å². The first kappa shape index (κ1) is 18.8. The summed E-state index contributed by atoms with van der Waals surface area (Å²) in [5.74, 6) is -3.05. The second-order valence-corrected chi connectivity index (χ2v) is 7.16. The third kappa shape index (κ3) is 4.75. The molecule has 1 aromatic carbocycles. The number of ether oxygens (including phenoxy) is 2. The molecule has 1 aliphatic rings. The molecule has 134 valence electrons. The molecule has 0 fully saturated rings. The molecule has 2 atom stereocenters. The van der Waals surface area contributed by atoms with Gasteiger partial charge in [-0.05, 0) is 58.0 Å².